The minimum atomic E-state index is 0.0303. The predicted molar refractivity (Wildman–Crippen MR) is 107 cm³/mol. The van der Waals surface area contributed by atoms with Crippen molar-refractivity contribution in [3.8, 4) is 5.75 Å². The number of hydrogen-bond acceptors (Lipinski definition) is 3. The molecule has 0 unspecified atom stereocenters. The summed E-state index contributed by atoms with van der Waals surface area (Å²) in [6, 6.07) is 15.5. The fraction of sp³-hybridized carbons (Fsp3) is 0.286. The van der Waals surface area contributed by atoms with Crippen molar-refractivity contribution in [2.75, 3.05) is 37.7 Å². The van der Waals surface area contributed by atoms with Gasteiger partial charge in [-0.25, -0.2) is 0 Å². The molecule has 4 nitrogen and oxygen atoms in total. The Morgan fingerprint density at radius 1 is 1.12 bits per heavy atom. The highest BCUT2D eigenvalue weighted by molar-refractivity contribution is 6.30. The van der Waals surface area contributed by atoms with Crippen LogP contribution in [0, 0.1) is 0 Å². The summed E-state index contributed by atoms with van der Waals surface area (Å²) < 4.78 is 5.72. The van der Waals surface area contributed by atoms with Crippen molar-refractivity contribution in [3.05, 3.63) is 65.2 Å². The number of piperazine rings is 1. The van der Waals surface area contributed by atoms with E-state index in [1.54, 1.807) is 6.08 Å². The number of amides is 1. The predicted octanol–water partition coefficient (Wildman–Crippen LogP) is 4.10. The van der Waals surface area contributed by atoms with Crippen LogP contribution in [-0.4, -0.2) is 43.6 Å². The van der Waals surface area contributed by atoms with Crippen molar-refractivity contribution in [2.45, 2.75) is 6.92 Å². The van der Waals surface area contributed by atoms with E-state index in [0.717, 1.165) is 30.1 Å². The summed E-state index contributed by atoms with van der Waals surface area (Å²) >= 11 is 5.97. The molecule has 3 rings (SSSR count). The lowest BCUT2D eigenvalue weighted by molar-refractivity contribution is -0.126. The zero-order valence-electron chi connectivity index (χ0n) is 14.9. The lowest BCUT2D eigenvalue weighted by Crippen LogP contribution is -2.48. The Balaban J connectivity index is 1.59. The molecule has 1 aliphatic rings. The molecule has 0 spiro atoms. The highest BCUT2D eigenvalue weighted by atomic mass is 35.5. The molecule has 136 valence electrons. The molecule has 0 aliphatic carbocycles. The van der Waals surface area contributed by atoms with Crippen LogP contribution in [0.5, 0.6) is 5.75 Å². The minimum absolute atomic E-state index is 0.0303. The summed E-state index contributed by atoms with van der Waals surface area (Å²) in [5, 5.41) is 0.668. The van der Waals surface area contributed by atoms with E-state index in [9.17, 15) is 4.79 Å². The molecule has 26 heavy (non-hydrogen) atoms. The maximum absolute atomic E-state index is 12.4. The van der Waals surface area contributed by atoms with E-state index in [1.165, 1.54) is 0 Å². The fourth-order valence-electron chi connectivity index (χ4n) is 3.05. The Kier molecular flexibility index (Phi) is 6.18. The van der Waals surface area contributed by atoms with Crippen LogP contribution >= 0.6 is 11.6 Å². The second-order valence-electron chi connectivity index (χ2n) is 6.10. The average molecular weight is 371 g/mol. The normalized spacial score (nSPS) is 14.7. The maximum Gasteiger partial charge on any atom is 0.246 e. The summed E-state index contributed by atoms with van der Waals surface area (Å²) in [5.74, 6) is 0.929. The first-order chi connectivity index (χ1) is 12.7. The standard InChI is InChI=1S/C21H23ClN2O2/c1-2-26-20-9-4-3-8-19(20)23-12-14-24(15-13-23)21(25)11-10-17-6-5-7-18(22)16-17/h3-11,16H,2,12-15H2,1H3. The topological polar surface area (TPSA) is 32.8 Å². The first kappa shape index (κ1) is 18.3. The van der Waals surface area contributed by atoms with Gasteiger partial charge < -0.3 is 14.5 Å². The summed E-state index contributed by atoms with van der Waals surface area (Å²) in [7, 11) is 0. The molecule has 0 bridgehead atoms. The van der Waals surface area contributed by atoms with Crippen molar-refractivity contribution >= 4 is 29.3 Å². The maximum atomic E-state index is 12.4. The van der Waals surface area contributed by atoms with Crippen molar-refractivity contribution in [3.63, 3.8) is 0 Å². The number of ether oxygens (including phenoxy) is 1. The molecule has 1 saturated heterocycles. The average Bonchev–Trinajstić information content (AvgIpc) is 2.67. The number of carbonyl (C=O) groups excluding carboxylic acids is 1. The zero-order chi connectivity index (χ0) is 18.4. The number of benzene rings is 2. The molecule has 1 aliphatic heterocycles. The molecule has 0 radical (unpaired) electrons. The first-order valence-electron chi connectivity index (χ1n) is 8.86. The molecule has 0 saturated carbocycles. The van der Waals surface area contributed by atoms with Gasteiger partial charge in [0.05, 0.1) is 12.3 Å². The largest absolute Gasteiger partial charge is 0.492 e. The van der Waals surface area contributed by atoms with Gasteiger partial charge in [0.25, 0.3) is 0 Å². The molecule has 1 heterocycles. The zero-order valence-corrected chi connectivity index (χ0v) is 15.7. The number of carbonyl (C=O) groups is 1. The molecule has 1 amide bonds. The molecule has 1 fully saturated rings. The van der Waals surface area contributed by atoms with Crippen molar-refractivity contribution in [1.29, 1.82) is 0 Å². The van der Waals surface area contributed by atoms with Crippen LogP contribution in [0.2, 0.25) is 5.02 Å². The number of hydrogen-bond donors (Lipinski definition) is 0. The molecule has 2 aromatic carbocycles. The Hall–Kier alpha value is -2.46. The molecular weight excluding hydrogens is 348 g/mol. The third kappa shape index (κ3) is 4.58. The Bertz CT molecular complexity index is 783. The third-order valence-corrected chi connectivity index (χ3v) is 4.60. The number of rotatable bonds is 5. The Morgan fingerprint density at radius 3 is 2.62 bits per heavy atom. The van der Waals surface area contributed by atoms with E-state index in [-0.39, 0.29) is 5.91 Å². The number of para-hydroxylation sites is 2. The van der Waals surface area contributed by atoms with Gasteiger partial charge in [0.2, 0.25) is 5.91 Å². The summed E-state index contributed by atoms with van der Waals surface area (Å²) in [6.07, 6.45) is 3.43. The second kappa shape index (κ2) is 8.77. The van der Waals surface area contributed by atoms with Gasteiger partial charge in [-0.2, -0.15) is 0 Å². The van der Waals surface area contributed by atoms with Crippen LogP contribution in [0.1, 0.15) is 12.5 Å². The van der Waals surface area contributed by atoms with Gasteiger partial charge in [-0.05, 0) is 42.8 Å². The lowest BCUT2D eigenvalue weighted by Gasteiger charge is -2.36. The van der Waals surface area contributed by atoms with Gasteiger partial charge in [-0.1, -0.05) is 35.9 Å². The highest BCUT2D eigenvalue weighted by Crippen LogP contribution is 2.28. The molecule has 5 heteroatoms. The van der Waals surface area contributed by atoms with E-state index in [0.29, 0.717) is 24.7 Å². The van der Waals surface area contributed by atoms with Crippen LogP contribution in [0.15, 0.2) is 54.6 Å². The van der Waals surface area contributed by atoms with Crippen molar-refractivity contribution in [2.24, 2.45) is 0 Å². The van der Waals surface area contributed by atoms with E-state index >= 15 is 0 Å². The SMILES string of the molecule is CCOc1ccccc1N1CCN(C(=O)C=Cc2cccc(Cl)c2)CC1. The van der Waals surface area contributed by atoms with E-state index in [1.807, 2.05) is 60.4 Å². The lowest BCUT2D eigenvalue weighted by atomic mass is 10.2. The number of nitrogens with zero attached hydrogens (tertiary/aromatic N) is 2. The Morgan fingerprint density at radius 2 is 1.88 bits per heavy atom. The van der Waals surface area contributed by atoms with Gasteiger partial charge in [-0.15, -0.1) is 0 Å². The van der Waals surface area contributed by atoms with E-state index < -0.39 is 0 Å². The molecule has 0 atom stereocenters. The quantitative estimate of drug-likeness (QED) is 0.743. The number of anilines is 1. The van der Waals surface area contributed by atoms with E-state index in [4.69, 9.17) is 16.3 Å². The molecule has 2 aromatic rings. The second-order valence-corrected chi connectivity index (χ2v) is 6.54. The van der Waals surface area contributed by atoms with Crippen LogP contribution < -0.4 is 9.64 Å². The first-order valence-corrected chi connectivity index (χ1v) is 9.24. The van der Waals surface area contributed by atoms with Gasteiger partial charge in [0.1, 0.15) is 5.75 Å². The van der Waals surface area contributed by atoms with Gasteiger partial charge in [0.15, 0.2) is 0 Å². The van der Waals surface area contributed by atoms with Crippen LogP contribution in [0.3, 0.4) is 0 Å². The Labute approximate surface area is 159 Å². The fourth-order valence-corrected chi connectivity index (χ4v) is 3.25. The summed E-state index contributed by atoms with van der Waals surface area (Å²) in [6.45, 7) is 5.60. The monoisotopic (exact) mass is 370 g/mol. The third-order valence-electron chi connectivity index (χ3n) is 4.36. The van der Waals surface area contributed by atoms with E-state index in [2.05, 4.69) is 11.0 Å². The van der Waals surface area contributed by atoms with Crippen molar-refractivity contribution < 1.29 is 9.53 Å². The van der Waals surface area contributed by atoms with Crippen LogP contribution in [-0.2, 0) is 4.79 Å². The minimum Gasteiger partial charge on any atom is -0.492 e. The molecule has 0 N–H and O–H groups in total. The molecule has 0 aromatic heterocycles. The van der Waals surface area contributed by atoms with Crippen molar-refractivity contribution in [1.82, 2.24) is 4.90 Å². The summed E-state index contributed by atoms with van der Waals surface area (Å²) in [5.41, 5.74) is 2.02. The number of halogens is 1. The highest BCUT2D eigenvalue weighted by Gasteiger charge is 2.21. The summed E-state index contributed by atoms with van der Waals surface area (Å²) in [4.78, 5) is 16.6. The van der Waals surface area contributed by atoms with Gasteiger partial charge in [0, 0.05) is 37.3 Å². The smallest absolute Gasteiger partial charge is 0.246 e. The van der Waals surface area contributed by atoms with Crippen LogP contribution in [0.25, 0.3) is 6.08 Å². The van der Waals surface area contributed by atoms with Gasteiger partial charge in [-0.3, -0.25) is 4.79 Å². The molecular formula is C21H23ClN2O2. The van der Waals surface area contributed by atoms with Gasteiger partial charge >= 0.3 is 0 Å². The van der Waals surface area contributed by atoms with Crippen LogP contribution in [0.4, 0.5) is 5.69 Å².